The van der Waals surface area contributed by atoms with Crippen LogP contribution in [0.25, 0.3) is 22.3 Å². The first-order valence-corrected chi connectivity index (χ1v) is 6.44. The molecule has 23 heavy (non-hydrogen) atoms. The van der Waals surface area contributed by atoms with Crippen molar-refractivity contribution in [3.63, 3.8) is 0 Å². The van der Waals surface area contributed by atoms with E-state index in [1.165, 1.54) is 18.2 Å². The van der Waals surface area contributed by atoms with Crippen molar-refractivity contribution in [1.29, 1.82) is 0 Å². The number of carbonyl (C=O) groups is 1. The Morgan fingerprint density at radius 2 is 1.70 bits per heavy atom. The van der Waals surface area contributed by atoms with Crippen LogP contribution in [-0.4, -0.2) is 16.2 Å². The fourth-order valence-electron chi connectivity index (χ4n) is 2.31. The average molecular weight is 322 g/mol. The zero-order valence-corrected chi connectivity index (χ0v) is 11.4. The molecule has 4 nitrogen and oxygen atoms in total. The van der Waals surface area contributed by atoms with E-state index >= 15 is 0 Å². The van der Waals surface area contributed by atoms with Crippen LogP contribution in [-0.2, 0) is 6.18 Å². The van der Waals surface area contributed by atoms with Gasteiger partial charge in [0.15, 0.2) is 0 Å². The van der Waals surface area contributed by atoms with Crippen molar-refractivity contribution in [1.82, 2.24) is 0 Å². The minimum Gasteiger partial charge on any atom is -0.508 e. The van der Waals surface area contributed by atoms with Gasteiger partial charge in [-0.3, -0.25) is 0 Å². The number of fused-ring (bicyclic) bond motifs is 1. The van der Waals surface area contributed by atoms with Crippen molar-refractivity contribution in [3.8, 4) is 17.1 Å². The molecule has 1 aromatic heterocycles. The van der Waals surface area contributed by atoms with E-state index in [1.807, 2.05) is 0 Å². The minimum absolute atomic E-state index is 0.0631. The molecule has 0 atom stereocenters. The highest BCUT2D eigenvalue weighted by Crippen LogP contribution is 2.36. The molecule has 0 radical (unpaired) electrons. The van der Waals surface area contributed by atoms with Gasteiger partial charge in [0.2, 0.25) is 0 Å². The Morgan fingerprint density at radius 3 is 2.26 bits per heavy atom. The Labute approximate surface area is 127 Å². The SMILES string of the molecule is O=C(O)c1c(-c2ccc(C(F)(F)F)cc2)oc2cc(O)ccc12. The van der Waals surface area contributed by atoms with Crippen LogP contribution in [0.15, 0.2) is 46.9 Å². The quantitative estimate of drug-likeness (QED) is 0.727. The van der Waals surface area contributed by atoms with Gasteiger partial charge in [-0.25, -0.2) is 4.79 Å². The lowest BCUT2D eigenvalue weighted by molar-refractivity contribution is -0.137. The average Bonchev–Trinajstić information content (AvgIpc) is 2.85. The Morgan fingerprint density at radius 1 is 1.04 bits per heavy atom. The summed E-state index contributed by atoms with van der Waals surface area (Å²) in [5.74, 6) is -1.45. The fraction of sp³-hybridized carbons (Fsp3) is 0.0625. The van der Waals surface area contributed by atoms with Crippen LogP contribution in [0.2, 0.25) is 0 Å². The molecular weight excluding hydrogens is 313 g/mol. The number of aromatic hydroxyl groups is 1. The highest BCUT2D eigenvalue weighted by atomic mass is 19.4. The van der Waals surface area contributed by atoms with E-state index in [1.54, 1.807) is 0 Å². The molecule has 118 valence electrons. The summed E-state index contributed by atoms with van der Waals surface area (Å²) in [6.07, 6.45) is -4.48. The lowest BCUT2D eigenvalue weighted by Gasteiger charge is -2.07. The normalized spacial score (nSPS) is 11.8. The zero-order valence-electron chi connectivity index (χ0n) is 11.4. The molecule has 0 aliphatic carbocycles. The van der Waals surface area contributed by atoms with E-state index < -0.39 is 17.7 Å². The number of benzene rings is 2. The summed E-state index contributed by atoms with van der Waals surface area (Å²) in [7, 11) is 0. The third-order valence-corrected chi connectivity index (χ3v) is 3.36. The first kappa shape index (κ1) is 15.0. The molecule has 0 amide bonds. The number of carboxylic acid groups (broad SMARTS) is 1. The van der Waals surface area contributed by atoms with Gasteiger partial charge >= 0.3 is 12.1 Å². The van der Waals surface area contributed by atoms with Crippen LogP contribution in [0.3, 0.4) is 0 Å². The summed E-state index contributed by atoms with van der Waals surface area (Å²) < 4.78 is 43.2. The molecule has 0 saturated heterocycles. The van der Waals surface area contributed by atoms with Gasteiger partial charge in [-0.15, -0.1) is 0 Å². The third-order valence-electron chi connectivity index (χ3n) is 3.36. The van der Waals surface area contributed by atoms with Crippen LogP contribution >= 0.6 is 0 Å². The predicted octanol–water partition coefficient (Wildman–Crippen LogP) is 4.52. The Hall–Kier alpha value is -2.96. The monoisotopic (exact) mass is 322 g/mol. The molecule has 0 fully saturated rings. The molecule has 1 heterocycles. The number of hydrogen-bond donors (Lipinski definition) is 2. The van der Waals surface area contributed by atoms with Gasteiger partial charge in [0, 0.05) is 17.0 Å². The molecule has 2 aromatic carbocycles. The number of furan rings is 1. The smallest absolute Gasteiger partial charge is 0.416 e. The number of aromatic carboxylic acids is 1. The number of alkyl halides is 3. The third kappa shape index (κ3) is 2.61. The number of rotatable bonds is 2. The molecule has 0 bridgehead atoms. The molecular formula is C16H9F3O4. The van der Waals surface area contributed by atoms with Crippen LogP contribution in [0, 0.1) is 0 Å². The van der Waals surface area contributed by atoms with Crippen molar-refractivity contribution < 1.29 is 32.6 Å². The number of phenolic OH excluding ortho intramolecular Hbond substituents is 1. The van der Waals surface area contributed by atoms with Crippen LogP contribution in [0.1, 0.15) is 15.9 Å². The van der Waals surface area contributed by atoms with Crippen LogP contribution in [0.4, 0.5) is 13.2 Å². The maximum absolute atomic E-state index is 12.6. The van der Waals surface area contributed by atoms with Gasteiger partial charge in [-0.1, -0.05) is 12.1 Å². The van der Waals surface area contributed by atoms with Crippen LogP contribution < -0.4 is 0 Å². The lowest BCUT2D eigenvalue weighted by Crippen LogP contribution is -2.04. The van der Waals surface area contributed by atoms with Crippen molar-refractivity contribution in [3.05, 3.63) is 53.6 Å². The lowest BCUT2D eigenvalue weighted by atomic mass is 10.0. The van der Waals surface area contributed by atoms with Crippen LogP contribution in [0.5, 0.6) is 5.75 Å². The van der Waals surface area contributed by atoms with Crippen molar-refractivity contribution in [2.75, 3.05) is 0 Å². The summed E-state index contributed by atoms with van der Waals surface area (Å²) >= 11 is 0. The Bertz CT molecular complexity index is 892. The second-order valence-corrected chi connectivity index (χ2v) is 4.87. The standard InChI is InChI=1S/C16H9F3O4/c17-16(18,19)9-3-1-8(2-4-9)14-13(15(21)22)11-6-5-10(20)7-12(11)23-14/h1-7,20H,(H,21,22). The van der Waals surface area contributed by atoms with E-state index in [2.05, 4.69) is 0 Å². The summed E-state index contributed by atoms with van der Waals surface area (Å²) in [5, 5.41) is 19.1. The van der Waals surface area contributed by atoms with E-state index in [4.69, 9.17) is 4.42 Å². The minimum atomic E-state index is -4.48. The van der Waals surface area contributed by atoms with Gasteiger partial charge in [-0.2, -0.15) is 13.2 Å². The number of carboxylic acids is 1. The maximum atomic E-state index is 12.6. The summed E-state index contributed by atoms with van der Waals surface area (Å²) in [4.78, 5) is 11.5. The molecule has 2 N–H and O–H groups in total. The topological polar surface area (TPSA) is 70.7 Å². The second kappa shape index (κ2) is 5.05. The molecule has 0 unspecified atom stereocenters. The largest absolute Gasteiger partial charge is 0.508 e. The fourth-order valence-corrected chi connectivity index (χ4v) is 2.31. The van der Waals surface area contributed by atoms with Gasteiger partial charge < -0.3 is 14.6 Å². The molecule has 3 aromatic rings. The maximum Gasteiger partial charge on any atom is 0.416 e. The molecule has 0 spiro atoms. The van der Waals surface area contributed by atoms with E-state index in [0.29, 0.717) is 0 Å². The van der Waals surface area contributed by atoms with Crippen molar-refractivity contribution >= 4 is 16.9 Å². The first-order valence-electron chi connectivity index (χ1n) is 6.44. The Balaban J connectivity index is 2.19. The van der Waals surface area contributed by atoms with Gasteiger partial charge in [-0.05, 0) is 24.3 Å². The first-order chi connectivity index (χ1) is 10.8. The highest BCUT2D eigenvalue weighted by molar-refractivity contribution is 6.08. The molecule has 0 saturated carbocycles. The van der Waals surface area contributed by atoms with Gasteiger partial charge in [0.05, 0.1) is 5.56 Å². The second-order valence-electron chi connectivity index (χ2n) is 4.87. The Kier molecular flexibility index (Phi) is 3.28. The molecule has 3 rings (SSSR count). The summed E-state index contributed by atoms with van der Waals surface area (Å²) in [5.41, 5.74) is -0.671. The van der Waals surface area contributed by atoms with E-state index in [0.717, 1.165) is 24.3 Å². The number of phenols is 1. The summed E-state index contributed by atoms with van der Waals surface area (Å²) in [6.45, 7) is 0. The summed E-state index contributed by atoms with van der Waals surface area (Å²) in [6, 6.07) is 7.93. The predicted molar refractivity (Wildman–Crippen MR) is 75.3 cm³/mol. The highest BCUT2D eigenvalue weighted by Gasteiger charge is 2.30. The number of hydrogen-bond acceptors (Lipinski definition) is 3. The molecule has 7 heteroatoms. The van der Waals surface area contributed by atoms with E-state index in [9.17, 15) is 28.2 Å². The number of halogens is 3. The van der Waals surface area contributed by atoms with Crippen molar-refractivity contribution in [2.24, 2.45) is 0 Å². The molecule has 0 aliphatic rings. The molecule has 0 aliphatic heterocycles. The van der Waals surface area contributed by atoms with Crippen molar-refractivity contribution in [2.45, 2.75) is 6.18 Å². The van der Waals surface area contributed by atoms with Gasteiger partial charge in [0.1, 0.15) is 22.7 Å². The van der Waals surface area contributed by atoms with E-state index in [-0.39, 0.29) is 33.6 Å². The van der Waals surface area contributed by atoms with Gasteiger partial charge in [0.25, 0.3) is 0 Å². The zero-order chi connectivity index (χ0) is 16.8.